The van der Waals surface area contributed by atoms with Crippen LogP contribution in [0.5, 0.6) is 5.75 Å². The third kappa shape index (κ3) is 5.51. The van der Waals surface area contributed by atoms with Gasteiger partial charge in [0.2, 0.25) is 11.8 Å². The summed E-state index contributed by atoms with van der Waals surface area (Å²) in [4.78, 5) is 25.4. The first-order valence-corrected chi connectivity index (χ1v) is 8.43. The highest BCUT2D eigenvalue weighted by molar-refractivity contribution is 5.94. The van der Waals surface area contributed by atoms with Crippen LogP contribution in [0.25, 0.3) is 0 Å². The van der Waals surface area contributed by atoms with Crippen molar-refractivity contribution in [3.8, 4) is 5.75 Å². The molecule has 2 rings (SSSR count). The van der Waals surface area contributed by atoms with E-state index in [0.717, 1.165) is 22.7 Å². The molecule has 3 N–H and O–H groups in total. The number of carbonyl (C=O) groups excluding carboxylic acids is 2. The van der Waals surface area contributed by atoms with Gasteiger partial charge in [-0.2, -0.15) is 0 Å². The van der Waals surface area contributed by atoms with Crippen LogP contribution in [0.1, 0.15) is 17.5 Å². The molecule has 6 heteroatoms. The Kier molecular flexibility index (Phi) is 6.60. The van der Waals surface area contributed by atoms with Crippen LogP contribution in [0.3, 0.4) is 0 Å². The number of anilines is 2. The van der Waals surface area contributed by atoms with Gasteiger partial charge in [0.25, 0.3) is 0 Å². The second kappa shape index (κ2) is 8.89. The fourth-order valence-electron chi connectivity index (χ4n) is 2.53. The van der Waals surface area contributed by atoms with Crippen LogP contribution in [0.4, 0.5) is 11.4 Å². The number of carbonyl (C=O) groups is 2. The molecule has 2 aromatic rings. The van der Waals surface area contributed by atoms with Crippen molar-refractivity contribution in [1.29, 1.82) is 0 Å². The smallest absolute Gasteiger partial charge is 0.243 e. The Morgan fingerprint density at radius 3 is 2.35 bits per heavy atom. The topological polar surface area (TPSA) is 84.7 Å². The van der Waals surface area contributed by atoms with Gasteiger partial charge < -0.3 is 20.7 Å². The number of hydrogen-bond acceptors (Lipinski definition) is 4. The molecule has 26 heavy (non-hydrogen) atoms. The van der Waals surface area contributed by atoms with E-state index in [1.165, 1.54) is 5.56 Å². The summed E-state index contributed by atoms with van der Waals surface area (Å²) >= 11 is 0. The van der Waals surface area contributed by atoms with Crippen LogP contribution in [0.2, 0.25) is 0 Å². The van der Waals surface area contributed by atoms with E-state index < -0.39 is 5.91 Å². The molecule has 0 radical (unpaired) electrons. The molecule has 0 heterocycles. The van der Waals surface area contributed by atoms with Crippen LogP contribution in [0.15, 0.2) is 42.5 Å². The van der Waals surface area contributed by atoms with Gasteiger partial charge in [-0.15, -0.1) is 0 Å². The first-order valence-electron chi connectivity index (χ1n) is 8.43. The zero-order chi connectivity index (χ0) is 19.1. The Morgan fingerprint density at radius 1 is 1.08 bits per heavy atom. The van der Waals surface area contributed by atoms with Gasteiger partial charge in [0.05, 0.1) is 13.7 Å². The average molecular weight is 355 g/mol. The highest BCUT2D eigenvalue weighted by Crippen LogP contribution is 2.20. The van der Waals surface area contributed by atoms with Crippen LogP contribution in [-0.2, 0) is 9.59 Å². The number of nitrogens with zero attached hydrogens (tertiary/aromatic N) is 1. The van der Waals surface area contributed by atoms with Crippen molar-refractivity contribution in [3.05, 3.63) is 53.6 Å². The van der Waals surface area contributed by atoms with Crippen molar-refractivity contribution >= 4 is 23.2 Å². The summed E-state index contributed by atoms with van der Waals surface area (Å²) in [6, 6.07) is 13.1. The van der Waals surface area contributed by atoms with Gasteiger partial charge in [-0.05, 0) is 61.4 Å². The normalized spacial score (nSPS) is 10.3. The van der Waals surface area contributed by atoms with E-state index >= 15 is 0 Å². The number of ether oxygens (including phenoxy) is 1. The number of amides is 2. The second-order valence-electron chi connectivity index (χ2n) is 6.18. The molecule has 0 saturated heterocycles. The SMILES string of the molecule is COc1ccc(N(CCC(N)=O)CC(=O)Nc2ccc(C)c(C)c2)cc1. The molecule has 0 fully saturated rings. The Balaban J connectivity index is 2.09. The molecule has 0 aliphatic carbocycles. The molecule has 2 amide bonds. The Hall–Kier alpha value is -3.02. The molecule has 0 atom stereocenters. The third-order valence-electron chi connectivity index (χ3n) is 4.19. The molecule has 138 valence electrons. The molecule has 0 aliphatic heterocycles. The van der Waals surface area contributed by atoms with Crippen LogP contribution >= 0.6 is 0 Å². The molecule has 2 aromatic carbocycles. The summed E-state index contributed by atoms with van der Waals surface area (Å²) in [5, 5.41) is 2.90. The Labute approximate surface area is 153 Å². The summed E-state index contributed by atoms with van der Waals surface area (Å²) in [5.41, 5.74) is 9.12. The standard InChI is InChI=1S/C20H25N3O3/c1-14-4-5-16(12-15(14)2)22-20(25)13-23(11-10-19(21)24)17-6-8-18(26-3)9-7-17/h4-9,12H,10-11,13H2,1-3H3,(H2,21,24)(H,22,25). The minimum Gasteiger partial charge on any atom is -0.497 e. The van der Waals surface area contributed by atoms with Crippen LogP contribution < -0.4 is 20.7 Å². The summed E-state index contributed by atoms with van der Waals surface area (Å²) in [7, 11) is 1.59. The van der Waals surface area contributed by atoms with Gasteiger partial charge in [-0.1, -0.05) is 6.07 Å². The summed E-state index contributed by atoms with van der Waals surface area (Å²) < 4.78 is 5.16. The quantitative estimate of drug-likeness (QED) is 0.762. The number of methoxy groups -OCH3 is 1. The lowest BCUT2D eigenvalue weighted by Crippen LogP contribution is -2.35. The lowest BCUT2D eigenvalue weighted by atomic mass is 10.1. The Morgan fingerprint density at radius 2 is 1.77 bits per heavy atom. The molecule has 0 spiro atoms. The van der Waals surface area contributed by atoms with Crippen molar-refractivity contribution in [2.24, 2.45) is 5.73 Å². The van der Waals surface area contributed by atoms with Gasteiger partial charge in [0.1, 0.15) is 5.75 Å². The first-order chi connectivity index (χ1) is 12.4. The minimum atomic E-state index is -0.405. The highest BCUT2D eigenvalue weighted by atomic mass is 16.5. The van der Waals surface area contributed by atoms with Crippen LogP contribution in [-0.4, -0.2) is 32.0 Å². The zero-order valence-electron chi connectivity index (χ0n) is 15.4. The fraction of sp³-hybridized carbons (Fsp3) is 0.300. The number of nitrogens with one attached hydrogen (secondary N) is 1. The molecular formula is C20H25N3O3. The molecule has 0 unspecified atom stereocenters. The molecule has 6 nitrogen and oxygen atoms in total. The highest BCUT2D eigenvalue weighted by Gasteiger charge is 2.13. The molecule has 0 bridgehead atoms. The molecule has 0 aliphatic rings. The average Bonchev–Trinajstić information content (AvgIpc) is 2.61. The minimum absolute atomic E-state index is 0.118. The van der Waals surface area contributed by atoms with Gasteiger partial charge in [0.15, 0.2) is 0 Å². The predicted octanol–water partition coefficient (Wildman–Crippen LogP) is 2.63. The first kappa shape index (κ1) is 19.3. The van der Waals surface area contributed by atoms with E-state index in [4.69, 9.17) is 10.5 Å². The predicted molar refractivity (Wildman–Crippen MR) is 104 cm³/mol. The number of rotatable bonds is 8. The van der Waals surface area contributed by atoms with Crippen molar-refractivity contribution < 1.29 is 14.3 Å². The van der Waals surface area contributed by atoms with Crippen molar-refractivity contribution in [2.75, 3.05) is 30.4 Å². The zero-order valence-corrected chi connectivity index (χ0v) is 15.4. The van der Waals surface area contributed by atoms with Gasteiger partial charge in [-0.3, -0.25) is 9.59 Å². The lowest BCUT2D eigenvalue weighted by molar-refractivity contribution is -0.118. The second-order valence-corrected chi connectivity index (χ2v) is 6.18. The molecule has 0 saturated carbocycles. The lowest BCUT2D eigenvalue weighted by Gasteiger charge is -2.24. The van der Waals surface area contributed by atoms with Gasteiger partial charge >= 0.3 is 0 Å². The molecular weight excluding hydrogens is 330 g/mol. The van der Waals surface area contributed by atoms with Crippen molar-refractivity contribution in [3.63, 3.8) is 0 Å². The van der Waals surface area contributed by atoms with Crippen molar-refractivity contribution in [2.45, 2.75) is 20.3 Å². The number of aryl methyl sites for hydroxylation is 2. The number of hydrogen-bond donors (Lipinski definition) is 2. The van der Waals surface area contributed by atoms with Crippen LogP contribution in [0, 0.1) is 13.8 Å². The summed E-state index contributed by atoms with van der Waals surface area (Å²) in [6.45, 7) is 4.51. The summed E-state index contributed by atoms with van der Waals surface area (Å²) in [5.74, 6) is 0.162. The number of nitrogens with two attached hydrogens (primary N) is 1. The number of benzene rings is 2. The van der Waals surface area contributed by atoms with E-state index in [1.54, 1.807) is 7.11 Å². The van der Waals surface area contributed by atoms with E-state index in [1.807, 2.05) is 61.2 Å². The van der Waals surface area contributed by atoms with Gasteiger partial charge in [0, 0.05) is 24.3 Å². The van der Waals surface area contributed by atoms with E-state index in [2.05, 4.69) is 5.32 Å². The monoisotopic (exact) mass is 355 g/mol. The Bertz CT molecular complexity index is 772. The van der Waals surface area contributed by atoms with E-state index in [9.17, 15) is 9.59 Å². The maximum atomic E-state index is 12.5. The maximum absolute atomic E-state index is 12.5. The number of primary amides is 1. The van der Waals surface area contributed by atoms with Crippen molar-refractivity contribution in [1.82, 2.24) is 0 Å². The molecule has 0 aromatic heterocycles. The maximum Gasteiger partial charge on any atom is 0.243 e. The fourth-order valence-corrected chi connectivity index (χ4v) is 2.53. The van der Waals surface area contributed by atoms with E-state index in [-0.39, 0.29) is 18.9 Å². The summed E-state index contributed by atoms with van der Waals surface area (Å²) in [6.07, 6.45) is 0.170. The van der Waals surface area contributed by atoms with Gasteiger partial charge in [-0.25, -0.2) is 0 Å². The third-order valence-corrected chi connectivity index (χ3v) is 4.19. The van der Waals surface area contributed by atoms with E-state index in [0.29, 0.717) is 6.54 Å². The largest absolute Gasteiger partial charge is 0.497 e.